The van der Waals surface area contributed by atoms with Crippen molar-refractivity contribution in [1.29, 1.82) is 0 Å². The zero-order valence-electron chi connectivity index (χ0n) is 24.2. The summed E-state index contributed by atoms with van der Waals surface area (Å²) >= 11 is 0. The lowest BCUT2D eigenvalue weighted by molar-refractivity contribution is -0.137. The molecular formula is C34H41N3O4. The van der Waals surface area contributed by atoms with Gasteiger partial charge in [0.05, 0.1) is 18.2 Å². The number of rotatable bonds is 12. The highest BCUT2D eigenvalue weighted by Crippen LogP contribution is 2.31. The molecule has 1 heterocycles. The van der Waals surface area contributed by atoms with Crippen LogP contribution in [0.5, 0.6) is 0 Å². The second-order valence-electron chi connectivity index (χ2n) is 11.1. The molecule has 0 spiro atoms. The van der Waals surface area contributed by atoms with E-state index < -0.39 is 5.97 Å². The smallest absolute Gasteiger partial charge is 0.303 e. The number of anilines is 2. The van der Waals surface area contributed by atoms with Crippen molar-refractivity contribution in [2.45, 2.75) is 58.8 Å². The Bertz CT molecular complexity index is 1340. The van der Waals surface area contributed by atoms with Crippen LogP contribution in [0.1, 0.15) is 61.3 Å². The molecular weight excluding hydrogens is 514 g/mol. The van der Waals surface area contributed by atoms with E-state index in [0.29, 0.717) is 25.9 Å². The van der Waals surface area contributed by atoms with Gasteiger partial charge in [0.2, 0.25) is 5.91 Å². The van der Waals surface area contributed by atoms with E-state index in [-0.39, 0.29) is 35.9 Å². The molecule has 0 saturated carbocycles. The number of ketones is 1. The minimum Gasteiger partial charge on any atom is -0.481 e. The second kappa shape index (κ2) is 14.1. The van der Waals surface area contributed by atoms with Crippen LogP contribution >= 0.6 is 0 Å². The molecule has 1 aliphatic heterocycles. The van der Waals surface area contributed by atoms with Gasteiger partial charge in [-0.2, -0.15) is 0 Å². The average molecular weight is 556 g/mol. The minimum absolute atomic E-state index is 0.0496. The summed E-state index contributed by atoms with van der Waals surface area (Å²) < 4.78 is 0. The Balaban J connectivity index is 1.48. The van der Waals surface area contributed by atoms with E-state index >= 15 is 0 Å². The van der Waals surface area contributed by atoms with Gasteiger partial charge in [-0.1, -0.05) is 74.9 Å². The summed E-state index contributed by atoms with van der Waals surface area (Å²) in [5.74, 6) is -1.02. The molecule has 1 amide bonds. The molecule has 0 radical (unpaired) electrons. The molecule has 1 saturated heterocycles. The number of carboxylic acids is 1. The zero-order chi connectivity index (χ0) is 29.4. The third-order valence-corrected chi connectivity index (χ3v) is 8.10. The number of aryl methyl sites for hydroxylation is 1. The van der Waals surface area contributed by atoms with Crippen LogP contribution in [0.4, 0.5) is 11.4 Å². The molecule has 4 rings (SSSR count). The molecule has 216 valence electrons. The number of hydrogen-bond donors (Lipinski definition) is 3. The number of para-hydroxylation sites is 1. The van der Waals surface area contributed by atoms with Crippen molar-refractivity contribution in [1.82, 2.24) is 5.43 Å². The number of amides is 1. The van der Waals surface area contributed by atoms with E-state index in [1.54, 1.807) is 0 Å². The number of hydrogen-bond acceptors (Lipinski definition) is 5. The number of benzene rings is 3. The van der Waals surface area contributed by atoms with E-state index in [0.717, 1.165) is 46.5 Å². The van der Waals surface area contributed by atoms with E-state index in [1.807, 2.05) is 84.7 Å². The van der Waals surface area contributed by atoms with E-state index in [9.17, 15) is 14.4 Å². The van der Waals surface area contributed by atoms with E-state index in [2.05, 4.69) is 24.6 Å². The van der Waals surface area contributed by atoms with Crippen molar-refractivity contribution in [2.75, 3.05) is 23.4 Å². The quantitative estimate of drug-likeness (QED) is 0.257. The van der Waals surface area contributed by atoms with Gasteiger partial charge in [0.15, 0.2) is 5.78 Å². The fraction of sp³-hybridized carbons (Fsp3) is 0.382. The number of aliphatic carboxylic acids is 1. The Morgan fingerprint density at radius 1 is 1.05 bits per heavy atom. The third kappa shape index (κ3) is 7.82. The summed E-state index contributed by atoms with van der Waals surface area (Å²) in [7, 11) is 0. The van der Waals surface area contributed by atoms with Crippen LogP contribution < -0.4 is 15.8 Å². The summed E-state index contributed by atoms with van der Waals surface area (Å²) in [5, 5.41) is 14.3. The standard InChI is InChI=1S/C34H41N3O4/c1-4-9-23(2)33(34(41)36-30-13-8-10-26(24(30)3)18-19-32(39)40)27-16-14-25(15-17-27)20-28-22-37(35-21-31(28)38)29-11-6-5-7-12-29/h5-8,10-17,23,28,33,35H,4,9,18-22H2,1-3H3,(H,36,41)(H,39,40). The van der Waals surface area contributed by atoms with Crippen LogP contribution in [0.2, 0.25) is 0 Å². The molecule has 7 heteroatoms. The van der Waals surface area contributed by atoms with Gasteiger partial charge in [0.25, 0.3) is 0 Å². The number of carbonyl (C=O) groups excluding carboxylic acids is 2. The first-order chi connectivity index (χ1) is 19.8. The van der Waals surface area contributed by atoms with E-state index in [4.69, 9.17) is 5.11 Å². The van der Waals surface area contributed by atoms with Gasteiger partial charge in [0, 0.05) is 24.6 Å². The normalized spacial score (nSPS) is 16.7. The predicted molar refractivity (Wildman–Crippen MR) is 163 cm³/mol. The number of nitrogens with one attached hydrogen (secondary N) is 2. The Labute approximate surface area is 242 Å². The maximum absolute atomic E-state index is 13.7. The second-order valence-corrected chi connectivity index (χ2v) is 11.1. The SMILES string of the molecule is CCCC(C)C(C(=O)Nc1cccc(CCC(=O)O)c1C)c1ccc(CC2CN(c3ccccc3)NCC2=O)cc1. The van der Waals surface area contributed by atoms with Crippen molar-refractivity contribution in [3.05, 3.63) is 95.1 Å². The van der Waals surface area contributed by atoms with Gasteiger partial charge in [-0.05, 0) is 72.6 Å². The molecule has 0 aliphatic carbocycles. The Hall–Kier alpha value is -3.97. The lowest BCUT2D eigenvalue weighted by atomic mass is 9.83. The van der Waals surface area contributed by atoms with Crippen molar-refractivity contribution >= 4 is 29.0 Å². The van der Waals surface area contributed by atoms with Crippen LogP contribution in [0.15, 0.2) is 72.8 Å². The van der Waals surface area contributed by atoms with Crippen LogP contribution in [-0.2, 0) is 27.2 Å². The molecule has 7 nitrogen and oxygen atoms in total. The fourth-order valence-electron chi connectivity index (χ4n) is 5.74. The lowest BCUT2D eigenvalue weighted by Crippen LogP contribution is -2.52. The van der Waals surface area contributed by atoms with Crippen LogP contribution in [0.25, 0.3) is 0 Å². The molecule has 1 fully saturated rings. The highest BCUT2D eigenvalue weighted by molar-refractivity contribution is 5.96. The average Bonchev–Trinajstić information content (AvgIpc) is 2.96. The third-order valence-electron chi connectivity index (χ3n) is 8.10. The highest BCUT2D eigenvalue weighted by Gasteiger charge is 2.29. The van der Waals surface area contributed by atoms with Crippen LogP contribution in [0.3, 0.4) is 0 Å². The van der Waals surface area contributed by atoms with Gasteiger partial charge in [-0.3, -0.25) is 14.4 Å². The molecule has 1 aliphatic rings. The number of carbonyl (C=O) groups is 3. The van der Waals surface area contributed by atoms with Crippen LogP contribution in [-0.4, -0.2) is 35.9 Å². The fourth-order valence-corrected chi connectivity index (χ4v) is 5.74. The molecule has 0 aromatic heterocycles. The molecule has 3 atom stereocenters. The Morgan fingerprint density at radius 2 is 1.78 bits per heavy atom. The van der Waals surface area contributed by atoms with Crippen molar-refractivity contribution < 1.29 is 19.5 Å². The summed E-state index contributed by atoms with van der Waals surface area (Å²) in [4.78, 5) is 37.5. The molecule has 3 aromatic rings. The molecule has 3 N–H and O–H groups in total. The van der Waals surface area contributed by atoms with E-state index in [1.165, 1.54) is 0 Å². The molecule has 3 aromatic carbocycles. The first-order valence-corrected chi connectivity index (χ1v) is 14.6. The Kier molecular flexibility index (Phi) is 10.3. The lowest BCUT2D eigenvalue weighted by Gasteiger charge is -2.34. The summed E-state index contributed by atoms with van der Waals surface area (Å²) in [5.41, 5.74) is 8.83. The monoisotopic (exact) mass is 555 g/mol. The number of nitrogens with zero attached hydrogens (tertiary/aromatic N) is 1. The van der Waals surface area contributed by atoms with Crippen LogP contribution in [0, 0.1) is 18.8 Å². The van der Waals surface area contributed by atoms with Gasteiger partial charge in [-0.15, -0.1) is 0 Å². The molecule has 0 bridgehead atoms. The largest absolute Gasteiger partial charge is 0.481 e. The van der Waals surface area contributed by atoms with Crippen molar-refractivity contribution in [3.8, 4) is 0 Å². The predicted octanol–water partition coefficient (Wildman–Crippen LogP) is 5.92. The maximum atomic E-state index is 13.7. The number of Topliss-reactive ketones (excluding diaryl/α,β-unsaturated/α-hetero) is 1. The zero-order valence-corrected chi connectivity index (χ0v) is 24.2. The number of carboxylic acid groups (broad SMARTS) is 1. The maximum Gasteiger partial charge on any atom is 0.303 e. The summed E-state index contributed by atoms with van der Waals surface area (Å²) in [6.07, 6.45) is 3.01. The summed E-state index contributed by atoms with van der Waals surface area (Å²) in [6.45, 7) is 7.08. The van der Waals surface area contributed by atoms with Crippen molar-refractivity contribution in [2.24, 2.45) is 11.8 Å². The molecule has 3 unspecified atom stereocenters. The Morgan fingerprint density at radius 3 is 2.46 bits per heavy atom. The van der Waals surface area contributed by atoms with Gasteiger partial charge >= 0.3 is 5.97 Å². The molecule has 41 heavy (non-hydrogen) atoms. The van der Waals surface area contributed by atoms with Gasteiger partial charge < -0.3 is 15.4 Å². The highest BCUT2D eigenvalue weighted by atomic mass is 16.4. The first kappa shape index (κ1) is 30.0. The van der Waals surface area contributed by atoms with Gasteiger partial charge in [-0.25, -0.2) is 5.43 Å². The topological polar surface area (TPSA) is 98.7 Å². The number of hydrazine groups is 1. The van der Waals surface area contributed by atoms with Crippen molar-refractivity contribution in [3.63, 3.8) is 0 Å². The first-order valence-electron chi connectivity index (χ1n) is 14.6. The van der Waals surface area contributed by atoms with Gasteiger partial charge in [0.1, 0.15) is 0 Å². The summed E-state index contributed by atoms with van der Waals surface area (Å²) in [6, 6.07) is 23.8. The minimum atomic E-state index is -0.839.